The van der Waals surface area contributed by atoms with Crippen LogP contribution in [-0.2, 0) is 6.42 Å². The third-order valence-electron chi connectivity index (χ3n) is 3.23. The van der Waals surface area contributed by atoms with Crippen molar-refractivity contribution in [3.8, 4) is 0 Å². The Bertz CT molecular complexity index is 298. The van der Waals surface area contributed by atoms with E-state index in [1.807, 2.05) is 12.4 Å². The van der Waals surface area contributed by atoms with Gasteiger partial charge in [-0.1, -0.05) is 13.8 Å². The van der Waals surface area contributed by atoms with Gasteiger partial charge in [0.2, 0.25) is 0 Å². The highest BCUT2D eigenvalue weighted by Crippen LogP contribution is 2.04. The van der Waals surface area contributed by atoms with E-state index in [4.69, 9.17) is 5.73 Å². The summed E-state index contributed by atoms with van der Waals surface area (Å²) in [6.07, 6.45) is 5.86. The number of hydrogen-bond acceptors (Lipinski definition) is 3. The molecule has 3 heteroatoms. The molecule has 0 fully saturated rings. The fraction of sp³-hybridized carbons (Fsp3) is 0.643. The molecule has 0 bridgehead atoms. The van der Waals surface area contributed by atoms with Gasteiger partial charge in [-0.25, -0.2) is 0 Å². The van der Waals surface area contributed by atoms with Crippen LogP contribution in [-0.4, -0.2) is 36.1 Å². The van der Waals surface area contributed by atoms with Crippen molar-refractivity contribution in [1.29, 1.82) is 0 Å². The maximum Gasteiger partial charge on any atom is 0.0270 e. The van der Waals surface area contributed by atoms with Crippen molar-refractivity contribution >= 4 is 0 Å². The van der Waals surface area contributed by atoms with E-state index in [-0.39, 0.29) is 0 Å². The van der Waals surface area contributed by atoms with Gasteiger partial charge in [0.1, 0.15) is 0 Å². The van der Waals surface area contributed by atoms with Gasteiger partial charge in [0.05, 0.1) is 0 Å². The highest BCUT2D eigenvalue weighted by Gasteiger charge is 2.08. The molecule has 2 N–H and O–H groups in total. The van der Waals surface area contributed by atoms with Gasteiger partial charge in [-0.2, -0.15) is 0 Å². The summed E-state index contributed by atoms with van der Waals surface area (Å²) in [5, 5.41) is 0. The smallest absolute Gasteiger partial charge is 0.0270 e. The van der Waals surface area contributed by atoms with Crippen LogP contribution in [0.4, 0.5) is 0 Å². The van der Waals surface area contributed by atoms with Crippen molar-refractivity contribution in [1.82, 2.24) is 9.88 Å². The lowest BCUT2D eigenvalue weighted by atomic mass is 10.0. The predicted octanol–water partition coefficient (Wildman–Crippen LogP) is 1.93. The van der Waals surface area contributed by atoms with E-state index in [1.165, 1.54) is 5.56 Å². The normalized spacial score (nSPS) is 13.3. The molecule has 0 radical (unpaired) electrons. The minimum atomic E-state index is 0.318. The summed E-state index contributed by atoms with van der Waals surface area (Å²) in [4.78, 5) is 6.37. The zero-order chi connectivity index (χ0) is 12.7. The van der Waals surface area contributed by atoms with Crippen LogP contribution in [0.25, 0.3) is 0 Å². The van der Waals surface area contributed by atoms with Crippen molar-refractivity contribution < 1.29 is 0 Å². The molecule has 0 aromatic carbocycles. The highest BCUT2D eigenvalue weighted by atomic mass is 15.1. The molecule has 1 unspecified atom stereocenters. The van der Waals surface area contributed by atoms with Crippen molar-refractivity contribution in [2.45, 2.75) is 32.7 Å². The number of pyridine rings is 1. The summed E-state index contributed by atoms with van der Waals surface area (Å²) < 4.78 is 0. The van der Waals surface area contributed by atoms with Crippen molar-refractivity contribution in [3.63, 3.8) is 0 Å². The summed E-state index contributed by atoms with van der Waals surface area (Å²) in [6.45, 7) is 6.52. The molecule has 0 saturated carbocycles. The Morgan fingerprint density at radius 1 is 1.24 bits per heavy atom. The molecule has 96 valence electrons. The average Bonchev–Trinajstić information content (AvgIpc) is 2.34. The first kappa shape index (κ1) is 14.1. The third kappa shape index (κ3) is 5.80. The number of likely N-dealkylation sites (N-methyl/N-ethyl adjacent to an activating group) is 1. The highest BCUT2D eigenvalue weighted by molar-refractivity contribution is 5.09. The van der Waals surface area contributed by atoms with E-state index in [2.05, 4.69) is 42.9 Å². The fourth-order valence-corrected chi connectivity index (χ4v) is 1.68. The molecule has 0 spiro atoms. The van der Waals surface area contributed by atoms with Gasteiger partial charge in [-0.15, -0.1) is 0 Å². The van der Waals surface area contributed by atoms with E-state index in [0.29, 0.717) is 12.0 Å². The lowest BCUT2D eigenvalue weighted by Crippen LogP contribution is -2.32. The minimum absolute atomic E-state index is 0.318. The van der Waals surface area contributed by atoms with Gasteiger partial charge in [-0.3, -0.25) is 4.98 Å². The second kappa shape index (κ2) is 7.41. The molecule has 1 heterocycles. The Labute approximate surface area is 105 Å². The first-order valence-corrected chi connectivity index (χ1v) is 6.42. The number of nitrogens with two attached hydrogens (primary N) is 1. The Kier molecular flexibility index (Phi) is 6.16. The quantitative estimate of drug-likeness (QED) is 0.785. The number of aromatic nitrogens is 1. The van der Waals surface area contributed by atoms with Crippen LogP contribution in [0, 0.1) is 5.92 Å². The molecule has 1 atom stereocenters. The monoisotopic (exact) mass is 235 g/mol. The maximum absolute atomic E-state index is 6.04. The van der Waals surface area contributed by atoms with Crippen LogP contribution >= 0.6 is 0 Å². The number of nitrogens with zero attached hydrogens (tertiary/aromatic N) is 2. The molecule has 0 aliphatic heterocycles. The van der Waals surface area contributed by atoms with E-state index in [9.17, 15) is 0 Å². The zero-order valence-corrected chi connectivity index (χ0v) is 11.3. The van der Waals surface area contributed by atoms with Crippen molar-refractivity contribution in [2.75, 3.05) is 20.1 Å². The SMILES string of the molecule is CC(C)C(N)CCN(C)CCc1ccncc1. The standard InChI is InChI=1S/C14H25N3/c1-12(2)14(15)7-11-17(3)10-6-13-4-8-16-9-5-13/h4-5,8-9,12,14H,6-7,10-11,15H2,1-3H3. The average molecular weight is 235 g/mol. The molecule has 1 aromatic rings. The molecule has 1 aromatic heterocycles. The van der Waals surface area contributed by atoms with Gasteiger partial charge >= 0.3 is 0 Å². The summed E-state index contributed by atoms with van der Waals surface area (Å²) in [6, 6.07) is 4.47. The van der Waals surface area contributed by atoms with Gasteiger partial charge < -0.3 is 10.6 Å². The largest absolute Gasteiger partial charge is 0.327 e. The lowest BCUT2D eigenvalue weighted by molar-refractivity contribution is 0.306. The van der Waals surface area contributed by atoms with Gasteiger partial charge in [0, 0.05) is 25.0 Å². The minimum Gasteiger partial charge on any atom is -0.327 e. The van der Waals surface area contributed by atoms with Crippen LogP contribution in [0.5, 0.6) is 0 Å². The second-order valence-corrected chi connectivity index (χ2v) is 5.11. The Hall–Kier alpha value is -0.930. The molecule has 0 saturated heterocycles. The van der Waals surface area contributed by atoms with E-state index >= 15 is 0 Å². The topological polar surface area (TPSA) is 42.1 Å². The molecule has 0 aliphatic carbocycles. The van der Waals surface area contributed by atoms with Gasteiger partial charge in [0.15, 0.2) is 0 Å². The third-order valence-corrected chi connectivity index (χ3v) is 3.23. The molecule has 0 amide bonds. The molecule has 0 aliphatic rings. The lowest BCUT2D eigenvalue weighted by Gasteiger charge is -2.21. The summed E-state index contributed by atoms with van der Waals surface area (Å²) in [5.74, 6) is 0.573. The Morgan fingerprint density at radius 3 is 2.47 bits per heavy atom. The van der Waals surface area contributed by atoms with Crippen LogP contribution in [0.1, 0.15) is 25.8 Å². The van der Waals surface area contributed by atoms with Crippen molar-refractivity contribution in [3.05, 3.63) is 30.1 Å². The van der Waals surface area contributed by atoms with E-state index < -0.39 is 0 Å². The van der Waals surface area contributed by atoms with Crippen LogP contribution in [0.3, 0.4) is 0 Å². The summed E-state index contributed by atoms with van der Waals surface area (Å²) in [7, 11) is 2.16. The van der Waals surface area contributed by atoms with Crippen LogP contribution in [0.2, 0.25) is 0 Å². The van der Waals surface area contributed by atoms with Crippen LogP contribution < -0.4 is 5.73 Å². The maximum atomic E-state index is 6.04. The second-order valence-electron chi connectivity index (χ2n) is 5.11. The van der Waals surface area contributed by atoms with E-state index in [1.54, 1.807) is 0 Å². The molecule has 3 nitrogen and oxygen atoms in total. The number of rotatable bonds is 7. The van der Waals surface area contributed by atoms with Crippen LogP contribution in [0.15, 0.2) is 24.5 Å². The fourth-order valence-electron chi connectivity index (χ4n) is 1.68. The first-order valence-electron chi connectivity index (χ1n) is 6.42. The summed E-state index contributed by atoms with van der Waals surface area (Å²) in [5.41, 5.74) is 7.38. The molecular formula is C14H25N3. The summed E-state index contributed by atoms with van der Waals surface area (Å²) >= 11 is 0. The first-order chi connectivity index (χ1) is 8.09. The Morgan fingerprint density at radius 2 is 1.88 bits per heavy atom. The van der Waals surface area contributed by atoms with Gasteiger partial charge in [-0.05, 0) is 50.0 Å². The van der Waals surface area contributed by atoms with Crippen molar-refractivity contribution in [2.24, 2.45) is 11.7 Å². The number of hydrogen-bond donors (Lipinski definition) is 1. The molecule has 1 rings (SSSR count). The predicted molar refractivity (Wildman–Crippen MR) is 72.9 cm³/mol. The zero-order valence-electron chi connectivity index (χ0n) is 11.3. The Balaban J connectivity index is 2.19. The molecule has 17 heavy (non-hydrogen) atoms. The van der Waals surface area contributed by atoms with Gasteiger partial charge in [0.25, 0.3) is 0 Å². The molecular weight excluding hydrogens is 210 g/mol. The van der Waals surface area contributed by atoms with E-state index in [0.717, 1.165) is 25.9 Å².